The maximum atomic E-state index is 10.5. The molecule has 0 atom stereocenters. The Morgan fingerprint density at radius 3 is 2.15 bits per heavy atom. The molecule has 2 heteroatoms. The molecule has 2 nitrogen and oxygen atoms in total. The van der Waals surface area contributed by atoms with Crippen molar-refractivity contribution in [3.8, 4) is 11.5 Å². The minimum absolute atomic E-state index is 0.254. The molecule has 0 heterocycles. The van der Waals surface area contributed by atoms with Gasteiger partial charge in [-0.15, -0.1) is 0 Å². The predicted octanol–water partition coefficient (Wildman–Crippen LogP) is 5.66. The minimum Gasteiger partial charge on any atom is -0.508 e. The quantitative estimate of drug-likeness (QED) is 0.627. The Kier molecular flexibility index (Phi) is 4.85. The van der Waals surface area contributed by atoms with Crippen LogP contribution in [0.1, 0.15) is 41.7 Å². The molecule has 0 radical (unpaired) electrons. The molecule has 26 heavy (non-hydrogen) atoms. The summed E-state index contributed by atoms with van der Waals surface area (Å²) in [6.07, 6.45) is 2.48. The van der Waals surface area contributed by atoms with Gasteiger partial charge in [0.25, 0.3) is 0 Å². The summed E-state index contributed by atoms with van der Waals surface area (Å²) in [4.78, 5) is 0. The molecule has 0 bridgehead atoms. The number of rotatable bonds is 5. The number of phenolic OH excluding ortho intramolecular Hbond substituents is 2. The zero-order valence-corrected chi connectivity index (χ0v) is 15.2. The molecule has 3 rings (SSSR count). The molecule has 0 aliphatic carbocycles. The second-order valence-electron chi connectivity index (χ2n) is 7.06. The summed E-state index contributed by atoms with van der Waals surface area (Å²) in [7, 11) is 0. The van der Waals surface area contributed by atoms with Gasteiger partial charge in [0, 0.05) is 17.4 Å². The van der Waals surface area contributed by atoms with Crippen molar-refractivity contribution in [1.29, 1.82) is 0 Å². The van der Waals surface area contributed by atoms with Crippen LogP contribution >= 0.6 is 0 Å². The van der Waals surface area contributed by atoms with Crippen molar-refractivity contribution in [3.63, 3.8) is 0 Å². The summed E-state index contributed by atoms with van der Waals surface area (Å²) in [6.45, 7) is 8.29. The first-order chi connectivity index (χ1) is 12.4. The monoisotopic (exact) mass is 344 g/mol. The molecular weight excluding hydrogens is 320 g/mol. The van der Waals surface area contributed by atoms with Gasteiger partial charge in [-0.05, 0) is 40.5 Å². The van der Waals surface area contributed by atoms with E-state index in [1.54, 1.807) is 18.2 Å². The van der Waals surface area contributed by atoms with E-state index in [-0.39, 0.29) is 16.9 Å². The highest BCUT2D eigenvalue weighted by atomic mass is 16.3. The molecule has 3 aromatic rings. The van der Waals surface area contributed by atoms with E-state index in [2.05, 4.69) is 32.6 Å². The predicted molar refractivity (Wildman–Crippen MR) is 108 cm³/mol. The number of aromatic hydroxyl groups is 2. The van der Waals surface area contributed by atoms with Gasteiger partial charge in [-0.2, -0.15) is 0 Å². The Morgan fingerprint density at radius 1 is 0.885 bits per heavy atom. The Balaban J connectivity index is 2.12. The number of benzene rings is 3. The standard InChI is InChI=1S/C24H24O2/c1-4-20-21(16-17-8-6-5-7-9-17)23(26)15-14-22(20)24(2,3)18-10-12-19(25)13-11-18/h4-15,25-26H,1,16H2,2-3H3. The molecule has 0 aliphatic heterocycles. The molecule has 0 unspecified atom stereocenters. The van der Waals surface area contributed by atoms with Crippen molar-refractivity contribution in [3.05, 3.63) is 101 Å². The van der Waals surface area contributed by atoms with E-state index in [0.717, 1.165) is 27.8 Å². The van der Waals surface area contributed by atoms with E-state index >= 15 is 0 Å². The van der Waals surface area contributed by atoms with Gasteiger partial charge >= 0.3 is 0 Å². The second-order valence-corrected chi connectivity index (χ2v) is 7.06. The van der Waals surface area contributed by atoms with Crippen LogP contribution in [-0.4, -0.2) is 10.2 Å². The fourth-order valence-corrected chi connectivity index (χ4v) is 3.45. The molecular formula is C24H24O2. The van der Waals surface area contributed by atoms with Gasteiger partial charge < -0.3 is 10.2 Å². The SMILES string of the molecule is C=Cc1c(C(C)(C)c2ccc(O)cc2)ccc(O)c1Cc1ccccc1. The van der Waals surface area contributed by atoms with Crippen LogP contribution in [0.5, 0.6) is 11.5 Å². The summed E-state index contributed by atoms with van der Waals surface area (Å²) < 4.78 is 0. The summed E-state index contributed by atoms with van der Waals surface area (Å²) in [5, 5.41) is 20.1. The molecule has 132 valence electrons. The van der Waals surface area contributed by atoms with Crippen molar-refractivity contribution >= 4 is 6.08 Å². The second kappa shape index (κ2) is 7.09. The fourth-order valence-electron chi connectivity index (χ4n) is 3.45. The lowest BCUT2D eigenvalue weighted by Crippen LogP contribution is -2.21. The van der Waals surface area contributed by atoms with E-state index in [9.17, 15) is 10.2 Å². The van der Waals surface area contributed by atoms with Crippen LogP contribution < -0.4 is 0 Å². The third-order valence-electron chi connectivity index (χ3n) is 5.02. The van der Waals surface area contributed by atoms with Crippen LogP contribution in [0.25, 0.3) is 6.08 Å². The Labute approximate surface area is 155 Å². The van der Waals surface area contributed by atoms with Crippen molar-refractivity contribution in [2.24, 2.45) is 0 Å². The highest BCUT2D eigenvalue weighted by molar-refractivity contribution is 5.64. The van der Waals surface area contributed by atoms with E-state index in [0.29, 0.717) is 6.42 Å². The van der Waals surface area contributed by atoms with Crippen LogP contribution in [0, 0.1) is 0 Å². The van der Waals surface area contributed by atoms with E-state index in [4.69, 9.17) is 0 Å². The smallest absolute Gasteiger partial charge is 0.119 e. The summed E-state index contributed by atoms with van der Waals surface area (Å²) in [5.74, 6) is 0.540. The highest BCUT2D eigenvalue weighted by Crippen LogP contribution is 2.39. The van der Waals surface area contributed by atoms with Crippen LogP contribution in [0.4, 0.5) is 0 Å². The van der Waals surface area contributed by atoms with E-state index < -0.39 is 0 Å². The number of phenols is 2. The third-order valence-corrected chi connectivity index (χ3v) is 5.02. The summed E-state index contributed by atoms with van der Waals surface area (Å²) >= 11 is 0. The fraction of sp³-hybridized carbons (Fsp3) is 0.167. The summed E-state index contributed by atoms with van der Waals surface area (Å²) in [5.41, 5.74) is 4.89. The maximum absolute atomic E-state index is 10.5. The van der Waals surface area contributed by atoms with Gasteiger partial charge in [0.1, 0.15) is 11.5 Å². The van der Waals surface area contributed by atoms with Crippen LogP contribution in [-0.2, 0) is 11.8 Å². The normalized spacial score (nSPS) is 11.3. The van der Waals surface area contributed by atoms with Crippen molar-refractivity contribution in [2.45, 2.75) is 25.7 Å². The topological polar surface area (TPSA) is 40.5 Å². The lowest BCUT2D eigenvalue weighted by atomic mass is 9.74. The Morgan fingerprint density at radius 2 is 1.54 bits per heavy atom. The van der Waals surface area contributed by atoms with Gasteiger partial charge in [-0.3, -0.25) is 0 Å². The summed E-state index contributed by atoms with van der Waals surface area (Å²) in [6, 6.07) is 21.1. The molecule has 0 aliphatic rings. The van der Waals surface area contributed by atoms with Crippen molar-refractivity contribution in [2.75, 3.05) is 0 Å². The van der Waals surface area contributed by atoms with Crippen LogP contribution in [0.2, 0.25) is 0 Å². The van der Waals surface area contributed by atoms with Gasteiger partial charge in [0.05, 0.1) is 0 Å². The molecule has 0 saturated heterocycles. The maximum Gasteiger partial charge on any atom is 0.119 e. The Bertz CT molecular complexity index is 907. The van der Waals surface area contributed by atoms with Crippen LogP contribution in [0.3, 0.4) is 0 Å². The number of hydrogen-bond acceptors (Lipinski definition) is 2. The van der Waals surface area contributed by atoms with E-state index in [1.165, 1.54) is 0 Å². The molecule has 0 aromatic heterocycles. The molecule has 0 saturated carbocycles. The van der Waals surface area contributed by atoms with Gasteiger partial charge in [0.2, 0.25) is 0 Å². The first kappa shape index (κ1) is 17.8. The lowest BCUT2D eigenvalue weighted by molar-refractivity contribution is 0.468. The van der Waals surface area contributed by atoms with Gasteiger partial charge in [-0.1, -0.05) is 75.0 Å². The average molecular weight is 344 g/mol. The molecule has 0 spiro atoms. The minimum atomic E-state index is -0.295. The first-order valence-electron chi connectivity index (χ1n) is 8.74. The highest BCUT2D eigenvalue weighted by Gasteiger charge is 2.27. The zero-order valence-electron chi connectivity index (χ0n) is 15.2. The molecule has 3 aromatic carbocycles. The molecule has 0 amide bonds. The zero-order chi connectivity index (χ0) is 18.7. The first-order valence-corrected chi connectivity index (χ1v) is 8.74. The van der Waals surface area contributed by atoms with Gasteiger partial charge in [0.15, 0.2) is 0 Å². The lowest BCUT2D eigenvalue weighted by Gasteiger charge is -2.29. The van der Waals surface area contributed by atoms with Crippen molar-refractivity contribution in [1.82, 2.24) is 0 Å². The van der Waals surface area contributed by atoms with Crippen molar-refractivity contribution < 1.29 is 10.2 Å². The molecule has 2 N–H and O–H groups in total. The molecule has 0 fully saturated rings. The largest absolute Gasteiger partial charge is 0.508 e. The third kappa shape index (κ3) is 3.36. The average Bonchev–Trinajstić information content (AvgIpc) is 2.64. The van der Waals surface area contributed by atoms with Crippen LogP contribution in [0.15, 0.2) is 73.3 Å². The van der Waals surface area contributed by atoms with Gasteiger partial charge in [-0.25, -0.2) is 0 Å². The van der Waals surface area contributed by atoms with E-state index in [1.807, 2.05) is 42.5 Å². The number of hydrogen-bond donors (Lipinski definition) is 2. The Hall–Kier alpha value is -3.00.